The summed E-state index contributed by atoms with van der Waals surface area (Å²) in [6.07, 6.45) is 0.544. The molecule has 1 fully saturated rings. The first-order valence-corrected chi connectivity index (χ1v) is 8.49. The summed E-state index contributed by atoms with van der Waals surface area (Å²) in [5.41, 5.74) is -0.0788. The average Bonchev–Trinajstić information content (AvgIpc) is 2.51. The zero-order valence-corrected chi connectivity index (χ0v) is 15.3. The molecular weight excluding hydrogens is 304 g/mol. The minimum Gasteiger partial charge on any atom is -0.387 e. The van der Waals surface area contributed by atoms with Gasteiger partial charge in [0.15, 0.2) is 0 Å². The van der Waals surface area contributed by atoms with E-state index in [9.17, 15) is 9.90 Å². The fourth-order valence-electron chi connectivity index (χ4n) is 3.36. The SMILES string of the molecule is COCC1(O)CCN(C(=O)CN(C)Cc2ccccc2)CC1(C)C. The summed E-state index contributed by atoms with van der Waals surface area (Å²) in [6, 6.07) is 10.1. The Morgan fingerprint density at radius 2 is 2.00 bits per heavy atom. The van der Waals surface area contributed by atoms with Crippen molar-refractivity contribution in [3.63, 3.8) is 0 Å². The zero-order valence-electron chi connectivity index (χ0n) is 15.3. The predicted octanol–water partition coefficient (Wildman–Crippen LogP) is 1.75. The second-order valence-electron chi connectivity index (χ2n) is 7.57. The quantitative estimate of drug-likeness (QED) is 0.861. The van der Waals surface area contributed by atoms with E-state index < -0.39 is 11.0 Å². The van der Waals surface area contributed by atoms with Gasteiger partial charge in [0.1, 0.15) is 0 Å². The number of hydrogen-bond donors (Lipinski definition) is 1. The molecule has 0 saturated carbocycles. The number of methoxy groups -OCH3 is 1. The lowest BCUT2D eigenvalue weighted by Gasteiger charge is -2.50. The van der Waals surface area contributed by atoms with Gasteiger partial charge >= 0.3 is 0 Å². The maximum absolute atomic E-state index is 12.6. The molecule has 5 heteroatoms. The molecule has 0 aliphatic carbocycles. The fourth-order valence-corrected chi connectivity index (χ4v) is 3.36. The van der Waals surface area contributed by atoms with Crippen LogP contribution in [0.5, 0.6) is 0 Å². The zero-order chi connectivity index (χ0) is 17.8. The second kappa shape index (κ2) is 7.64. The van der Waals surface area contributed by atoms with Crippen LogP contribution in [0.4, 0.5) is 0 Å². The molecule has 1 amide bonds. The van der Waals surface area contributed by atoms with Gasteiger partial charge in [-0.05, 0) is 19.0 Å². The minimum absolute atomic E-state index is 0.112. The Hall–Kier alpha value is -1.43. The first-order chi connectivity index (χ1) is 11.3. The van der Waals surface area contributed by atoms with E-state index in [-0.39, 0.29) is 5.91 Å². The fraction of sp³-hybridized carbons (Fsp3) is 0.632. The molecule has 1 heterocycles. The molecule has 1 aromatic carbocycles. The van der Waals surface area contributed by atoms with Crippen molar-refractivity contribution in [3.8, 4) is 0 Å². The Kier molecular flexibility index (Phi) is 6.01. The van der Waals surface area contributed by atoms with Crippen LogP contribution >= 0.6 is 0 Å². The molecule has 5 nitrogen and oxygen atoms in total. The number of likely N-dealkylation sites (N-methyl/N-ethyl adjacent to an activating group) is 1. The smallest absolute Gasteiger partial charge is 0.236 e. The van der Waals surface area contributed by atoms with E-state index in [1.807, 2.05) is 48.9 Å². The molecule has 0 bridgehead atoms. The monoisotopic (exact) mass is 334 g/mol. The summed E-state index contributed by atoms with van der Waals surface area (Å²) in [4.78, 5) is 16.5. The lowest BCUT2D eigenvalue weighted by Crippen LogP contribution is -2.61. The molecule has 1 aromatic rings. The third-order valence-electron chi connectivity index (χ3n) is 5.08. The van der Waals surface area contributed by atoms with Crippen molar-refractivity contribution in [2.75, 3.05) is 40.4 Å². The van der Waals surface area contributed by atoms with Crippen molar-refractivity contribution in [1.29, 1.82) is 0 Å². The number of aliphatic hydroxyl groups is 1. The second-order valence-corrected chi connectivity index (χ2v) is 7.57. The van der Waals surface area contributed by atoms with E-state index >= 15 is 0 Å². The summed E-state index contributed by atoms with van der Waals surface area (Å²) in [6.45, 7) is 6.55. The van der Waals surface area contributed by atoms with Crippen LogP contribution < -0.4 is 0 Å². The minimum atomic E-state index is -0.880. The van der Waals surface area contributed by atoms with Gasteiger partial charge in [-0.2, -0.15) is 0 Å². The Morgan fingerprint density at radius 3 is 2.58 bits per heavy atom. The van der Waals surface area contributed by atoms with Crippen LogP contribution in [-0.4, -0.2) is 66.8 Å². The largest absolute Gasteiger partial charge is 0.387 e. The van der Waals surface area contributed by atoms with Crippen molar-refractivity contribution in [2.45, 2.75) is 32.4 Å². The topological polar surface area (TPSA) is 53.0 Å². The maximum Gasteiger partial charge on any atom is 0.236 e. The Bertz CT molecular complexity index is 547. The van der Waals surface area contributed by atoms with Crippen molar-refractivity contribution in [1.82, 2.24) is 9.80 Å². The van der Waals surface area contributed by atoms with Crippen LogP contribution in [0.25, 0.3) is 0 Å². The van der Waals surface area contributed by atoms with Gasteiger partial charge in [0.25, 0.3) is 0 Å². The number of amides is 1. The summed E-state index contributed by atoms with van der Waals surface area (Å²) >= 11 is 0. The number of hydrogen-bond acceptors (Lipinski definition) is 4. The Morgan fingerprint density at radius 1 is 1.33 bits per heavy atom. The van der Waals surface area contributed by atoms with Crippen LogP contribution in [0, 0.1) is 5.41 Å². The molecule has 1 aliphatic rings. The van der Waals surface area contributed by atoms with Gasteiger partial charge in [-0.1, -0.05) is 44.2 Å². The highest BCUT2D eigenvalue weighted by molar-refractivity contribution is 5.78. The van der Waals surface area contributed by atoms with E-state index in [4.69, 9.17) is 4.74 Å². The van der Waals surface area contributed by atoms with Crippen LogP contribution in [0.2, 0.25) is 0 Å². The van der Waals surface area contributed by atoms with Crippen LogP contribution in [0.15, 0.2) is 30.3 Å². The lowest BCUT2D eigenvalue weighted by molar-refractivity contribution is -0.164. The number of likely N-dealkylation sites (tertiary alicyclic amines) is 1. The van der Waals surface area contributed by atoms with Gasteiger partial charge in [0, 0.05) is 32.2 Å². The third-order valence-corrected chi connectivity index (χ3v) is 5.08. The highest BCUT2D eigenvalue weighted by Gasteiger charge is 2.48. The number of benzene rings is 1. The number of piperidine rings is 1. The van der Waals surface area contributed by atoms with E-state index in [2.05, 4.69) is 12.1 Å². The third kappa shape index (κ3) is 4.35. The first-order valence-electron chi connectivity index (χ1n) is 8.49. The summed E-state index contributed by atoms with van der Waals surface area (Å²) in [5.74, 6) is 0.112. The van der Waals surface area contributed by atoms with Crippen molar-refractivity contribution in [2.24, 2.45) is 5.41 Å². The van der Waals surface area contributed by atoms with E-state index in [1.54, 1.807) is 7.11 Å². The molecule has 0 radical (unpaired) electrons. The molecule has 1 N–H and O–H groups in total. The van der Waals surface area contributed by atoms with E-state index in [1.165, 1.54) is 5.56 Å². The maximum atomic E-state index is 12.6. The van der Waals surface area contributed by atoms with Gasteiger partial charge < -0.3 is 14.7 Å². The molecule has 1 unspecified atom stereocenters. The van der Waals surface area contributed by atoms with Gasteiger partial charge in [-0.15, -0.1) is 0 Å². The molecule has 2 rings (SSSR count). The highest BCUT2D eigenvalue weighted by atomic mass is 16.5. The summed E-state index contributed by atoms with van der Waals surface area (Å²) in [5, 5.41) is 10.8. The molecule has 0 spiro atoms. The molecular formula is C19H30N2O3. The lowest BCUT2D eigenvalue weighted by atomic mass is 9.70. The molecule has 24 heavy (non-hydrogen) atoms. The molecule has 1 aliphatic heterocycles. The van der Waals surface area contributed by atoms with E-state index in [0.717, 1.165) is 6.54 Å². The molecule has 1 saturated heterocycles. The number of ether oxygens (including phenoxy) is 1. The number of rotatable bonds is 6. The Labute approximate surface area is 145 Å². The molecule has 134 valence electrons. The van der Waals surface area contributed by atoms with Crippen LogP contribution in [0.1, 0.15) is 25.8 Å². The highest BCUT2D eigenvalue weighted by Crippen LogP contribution is 2.38. The van der Waals surface area contributed by atoms with Gasteiger partial charge in [0.2, 0.25) is 5.91 Å². The average molecular weight is 334 g/mol. The number of carbonyl (C=O) groups is 1. The van der Waals surface area contributed by atoms with Crippen molar-refractivity contribution >= 4 is 5.91 Å². The van der Waals surface area contributed by atoms with Crippen molar-refractivity contribution < 1.29 is 14.6 Å². The molecule has 0 aromatic heterocycles. The molecule has 1 atom stereocenters. The Balaban J connectivity index is 1.91. The standard InChI is InChI=1S/C19H30N2O3/c1-18(2)14-21(11-10-19(18,23)15-24-4)17(22)13-20(3)12-16-8-6-5-7-9-16/h5-9,23H,10-15H2,1-4H3. The number of carbonyl (C=O) groups excluding carboxylic acids is 1. The van der Waals surface area contributed by atoms with Crippen molar-refractivity contribution in [3.05, 3.63) is 35.9 Å². The normalized spacial score (nSPS) is 23.5. The predicted molar refractivity (Wildman–Crippen MR) is 94.6 cm³/mol. The van der Waals surface area contributed by atoms with Gasteiger partial charge in [0.05, 0.1) is 18.8 Å². The van der Waals surface area contributed by atoms with Gasteiger partial charge in [-0.25, -0.2) is 0 Å². The first kappa shape index (κ1) is 18.9. The number of nitrogens with zero attached hydrogens (tertiary/aromatic N) is 2. The van der Waals surface area contributed by atoms with E-state index in [0.29, 0.717) is 32.7 Å². The summed E-state index contributed by atoms with van der Waals surface area (Å²) in [7, 11) is 3.56. The van der Waals surface area contributed by atoms with Crippen LogP contribution in [-0.2, 0) is 16.1 Å². The van der Waals surface area contributed by atoms with Gasteiger partial charge in [-0.3, -0.25) is 9.69 Å². The van der Waals surface area contributed by atoms with Crippen LogP contribution in [0.3, 0.4) is 0 Å². The summed E-state index contributed by atoms with van der Waals surface area (Å²) < 4.78 is 5.18.